The second-order valence-electron chi connectivity index (χ2n) is 5.72. The maximum atomic E-state index is 5.73. The average molecular weight is 290 g/mol. The summed E-state index contributed by atoms with van der Waals surface area (Å²) in [5.74, 6) is 1.94. The van der Waals surface area contributed by atoms with E-state index in [0.717, 1.165) is 23.5 Å². The van der Waals surface area contributed by atoms with Gasteiger partial charge in [-0.1, -0.05) is 60.2 Å². The number of methoxy groups -OCH3 is 2. The Bertz CT molecular complexity index is 799. The number of benzene rings is 2. The summed E-state index contributed by atoms with van der Waals surface area (Å²) in [6.45, 7) is 0. The second-order valence-corrected chi connectivity index (χ2v) is 5.72. The van der Waals surface area contributed by atoms with Crippen LogP contribution in [-0.4, -0.2) is 14.2 Å². The van der Waals surface area contributed by atoms with Gasteiger partial charge in [0.05, 0.1) is 20.1 Å². The lowest BCUT2D eigenvalue weighted by Gasteiger charge is -2.17. The maximum Gasteiger partial charge on any atom is 0.164 e. The second kappa shape index (κ2) is 5.06. The third-order valence-electron chi connectivity index (χ3n) is 4.59. The molecule has 0 heterocycles. The van der Waals surface area contributed by atoms with E-state index >= 15 is 0 Å². The molecule has 2 nitrogen and oxygen atoms in total. The number of ether oxygens (including phenoxy) is 2. The summed E-state index contributed by atoms with van der Waals surface area (Å²) in [7, 11) is 3.45. The Morgan fingerprint density at radius 3 is 2.45 bits per heavy atom. The topological polar surface area (TPSA) is 18.5 Å². The monoisotopic (exact) mass is 290 g/mol. The lowest BCUT2D eigenvalue weighted by atomic mass is 9.90. The van der Waals surface area contributed by atoms with Crippen molar-refractivity contribution in [3.05, 3.63) is 82.1 Å². The number of hydrogen-bond donors (Lipinski definition) is 0. The molecule has 1 unspecified atom stereocenters. The molecule has 0 saturated heterocycles. The van der Waals surface area contributed by atoms with Crippen LogP contribution in [-0.2, 0) is 15.9 Å². The van der Waals surface area contributed by atoms with E-state index in [0.29, 0.717) is 0 Å². The van der Waals surface area contributed by atoms with Gasteiger partial charge in [0.25, 0.3) is 0 Å². The average Bonchev–Trinajstić information content (AvgIpc) is 3.12. The highest BCUT2D eigenvalue weighted by Crippen LogP contribution is 2.48. The smallest absolute Gasteiger partial charge is 0.164 e. The molecule has 0 aliphatic heterocycles. The minimum absolute atomic E-state index is 0.156. The Morgan fingerprint density at radius 2 is 1.68 bits per heavy atom. The van der Waals surface area contributed by atoms with Gasteiger partial charge in [0.2, 0.25) is 0 Å². The predicted octanol–water partition coefficient (Wildman–Crippen LogP) is 4.38. The van der Waals surface area contributed by atoms with Crippen molar-refractivity contribution >= 4 is 11.8 Å². The minimum atomic E-state index is 0.156. The first-order valence-corrected chi connectivity index (χ1v) is 7.53. The molecule has 0 N–H and O–H groups in total. The number of allylic oxidation sites excluding steroid dienone is 1. The quantitative estimate of drug-likeness (QED) is 0.835. The van der Waals surface area contributed by atoms with Crippen molar-refractivity contribution in [1.82, 2.24) is 0 Å². The van der Waals surface area contributed by atoms with Crippen LogP contribution in [0.3, 0.4) is 0 Å². The van der Waals surface area contributed by atoms with Gasteiger partial charge in [-0.3, -0.25) is 0 Å². The Labute approximate surface area is 130 Å². The van der Waals surface area contributed by atoms with Crippen LogP contribution in [0.15, 0.2) is 59.9 Å². The standard InChI is InChI=1S/C20H18O2/c1-21-19-17-10-6-5-9-16(17)18(20(19)22-2)15-11-13-7-3-4-8-14(13)12-15/h3-11,18H,12H2,1-2H3. The molecule has 2 heteroatoms. The normalized spacial score (nSPS) is 18.8. The van der Waals surface area contributed by atoms with Crippen molar-refractivity contribution < 1.29 is 9.47 Å². The van der Waals surface area contributed by atoms with Crippen molar-refractivity contribution in [3.63, 3.8) is 0 Å². The molecule has 2 aliphatic carbocycles. The van der Waals surface area contributed by atoms with Crippen molar-refractivity contribution in [2.75, 3.05) is 14.2 Å². The number of hydrogen-bond acceptors (Lipinski definition) is 2. The lowest BCUT2D eigenvalue weighted by Crippen LogP contribution is -2.05. The van der Waals surface area contributed by atoms with Crippen LogP contribution in [0.1, 0.15) is 28.2 Å². The van der Waals surface area contributed by atoms with Crippen LogP contribution in [0.25, 0.3) is 11.8 Å². The van der Waals surface area contributed by atoms with Gasteiger partial charge in [-0.15, -0.1) is 0 Å². The largest absolute Gasteiger partial charge is 0.496 e. The highest BCUT2D eigenvalue weighted by Gasteiger charge is 2.36. The molecule has 0 bridgehead atoms. The first-order chi connectivity index (χ1) is 10.8. The first-order valence-electron chi connectivity index (χ1n) is 7.53. The molecule has 0 fully saturated rings. The van der Waals surface area contributed by atoms with E-state index in [2.05, 4.69) is 48.5 Å². The summed E-state index contributed by atoms with van der Waals surface area (Å²) < 4.78 is 11.4. The highest BCUT2D eigenvalue weighted by molar-refractivity contribution is 5.78. The summed E-state index contributed by atoms with van der Waals surface area (Å²) in [4.78, 5) is 0. The molecule has 2 aliphatic rings. The third-order valence-corrected chi connectivity index (χ3v) is 4.59. The van der Waals surface area contributed by atoms with Gasteiger partial charge < -0.3 is 9.47 Å². The van der Waals surface area contributed by atoms with Crippen LogP contribution in [0.4, 0.5) is 0 Å². The third kappa shape index (κ3) is 1.80. The van der Waals surface area contributed by atoms with Crippen molar-refractivity contribution in [1.29, 1.82) is 0 Å². The molecule has 0 amide bonds. The molecule has 1 atom stereocenters. The van der Waals surface area contributed by atoms with Crippen molar-refractivity contribution in [2.24, 2.45) is 0 Å². The van der Waals surface area contributed by atoms with E-state index in [4.69, 9.17) is 9.47 Å². The lowest BCUT2D eigenvalue weighted by molar-refractivity contribution is 0.255. The summed E-state index contributed by atoms with van der Waals surface area (Å²) in [6.07, 6.45) is 3.27. The number of rotatable bonds is 3. The van der Waals surface area contributed by atoms with E-state index in [1.807, 2.05) is 6.07 Å². The van der Waals surface area contributed by atoms with E-state index in [1.165, 1.54) is 22.3 Å². The molecule has 0 aromatic heterocycles. The Balaban J connectivity index is 1.84. The summed E-state index contributed by atoms with van der Waals surface area (Å²) in [5, 5.41) is 0. The minimum Gasteiger partial charge on any atom is -0.496 e. The molecular formula is C20H18O2. The fourth-order valence-electron chi connectivity index (χ4n) is 3.64. The summed E-state index contributed by atoms with van der Waals surface area (Å²) in [5.41, 5.74) is 6.49. The summed E-state index contributed by atoms with van der Waals surface area (Å²) >= 11 is 0. The van der Waals surface area contributed by atoms with E-state index in [9.17, 15) is 0 Å². The Kier molecular flexibility index (Phi) is 3.04. The summed E-state index contributed by atoms with van der Waals surface area (Å²) in [6, 6.07) is 17.0. The number of fused-ring (bicyclic) bond motifs is 2. The van der Waals surface area contributed by atoms with Crippen LogP contribution < -0.4 is 0 Å². The molecule has 4 rings (SSSR count). The van der Waals surface area contributed by atoms with Gasteiger partial charge in [0.15, 0.2) is 5.76 Å². The highest BCUT2D eigenvalue weighted by atomic mass is 16.5. The first kappa shape index (κ1) is 13.2. The van der Waals surface area contributed by atoms with Gasteiger partial charge in [-0.2, -0.15) is 0 Å². The zero-order valence-electron chi connectivity index (χ0n) is 12.8. The van der Waals surface area contributed by atoms with E-state index in [1.54, 1.807) is 14.2 Å². The van der Waals surface area contributed by atoms with E-state index in [-0.39, 0.29) is 5.92 Å². The molecule has 2 aromatic rings. The molecule has 22 heavy (non-hydrogen) atoms. The van der Waals surface area contributed by atoms with Gasteiger partial charge in [-0.05, 0) is 23.1 Å². The predicted molar refractivity (Wildman–Crippen MR) is 88.2 cm³/mol. The van der Waals surface area contributed by atoms with Crippen molar-refractivity contribution in [2.45, 2.75) is 12.3 Å². The Hall–Kier alpha value is -2.48. The van der Waals surface area contributed by atoms with Gasteiger partial charge in [0.1, 0.15) is 5.76 Å². The molecular weight excluding hydrogens is 272 g/mol. The van der Waals surface area contributed by atoms with Gasteiger partial charge in [0, 0.05) is 5.56 Å². The van der Waals surface area contributed by atoms with Crippen LogP contribution in [0.5, 0.6) is 0 Å². The zero-order valence-corrected chi connectivity index (χ0v) is 12.8. The SMILES string of the molecule is COC1=C(OC)C(C2=Cc3ccccc3C2)c2ccccc21. The van der Waals surface area contributed by atoms with Crippen molar-refractivity contribution in [3.8, 4) is 0 Å². The van der Waals surface area contributed by atoms with Gasteiger partial charge >= 0.3 is 0 Å². The molecule has 0 radical (unpaired) electrons. The molecule has 110 valence electrons. The molecule has 0 saturated carbocycles. The van der Waals surface area contributed by atoms with Crippen LogP contribution in [0, 0.1) is 0 Å². The Morgan fingerprint density at radius 1 is 0.909 bits per heavy atom. The van der Waals surface area contributed by atoms with Gasteiger partial charge in [-0.25, -0.2) is 0 Å². The van der Waals surface area contributed by atoms with Crippen LogP contribution >= 0.6 is 0 Å². The fourth-order valence-corrected chi connectivity index (χ4v) is 3.64. The van der Waals surface area contributed by atoms with E-state index < -0.39 is 0 Å². The van der Waals surface area contributed by atoms with Crippen LogP contribution in [0.2, 0.25) is 0 Å². The molecule has 0 spiro atoms. The zero-order chi connectivity index (χ0) is 15.1. The molecule has 2 aromatic carbocycles. The fraction of sp³-hybridized carbons (Fsp3) is 0.200. The maximum absolute atomic E-state index is 5.73.